The summed E-state index contributed by atoms with van der Waals surface area (Å²) in [7, 11) is 1.39. The molecule has 58 valence electrons. The van der Waals surface area contributed by atoms with Crippen LogP contribution >= 0.6 is 0 Å². The Balaban J connectivity index is 2.35. The van der Waals surface area contributed by atoms with E-state index in [1.165, 1.54) is 14.0 Å². The summed E-state index contributed by atoms with van der Waals surface area (Å²) < 4.78 is 9.33. The minimum Gasteiger partial charge on any atom is -0.331 e. The van der Waals surface area contributed by atoms with Crippen LogP contribution in [0.25, 0.3) is 0 Å². The van der Waals surface area contributed by atoms with Gasteiger partial charge in [-0.25, -0.2) is 0 Å². The number of ether oxygens (including phenoxy) is 2. The molecule has 0 aromatic carbocycles. The Morgan fingerprint density at radius 1 is 1.50 bits per heavy atom. The van der Waals surface area contributed by atoms with Gasteiger partial charge in [0, 0.05) is 7.11 Å². The van der Waals surface area contributed by atoms with Crippen molar-refractivity contribution in [3.05, 3.63) is 0 Å². The van der Waals surface area contributed by atoms with Crippen LogP contribution in [0.1, 0.15) is 6.92 Å². The van der Waals surface area contributed by atoms with Crippen LogP contribution in [-0.4, -0.2) is 25.7 Å². The van der Waals surface area contributed by atoms with Crippen molar-refractivity contribution in [3.63, 3.8) is 0 Å². The monoisotopic (exact) mass is 148 g/mol. The van der Waals surface area contributed by atoms with Crippen LogP contribution in [0.3, 0.4) is 0 Å². The van der Waals surface area contributed by atoms with Gasteiger partial charge in [0.2, 0.25) is 0 Å². The largest absolute Gasteiger partial charge is 0.331 e. The molecule has 1 aliphatic rings. The molecule has 1 aliphatic heterocycles. The zero-order valence-electron chi connectivity index (χ0n) is 5.70. The number of methoxy groups -OCH3 is 1. The third-order valence-corrected chi connectivity index (χ3v) is 0.981. The van der Waals surface area contributed by atoms with Crippen molar-refractivity contribution < 1.29 is 24.0 Å². The van der Waals surface area contributed by atoms with Gasteiger partial charge < -0.3 is 4.74 Å². The van der Waals surface area contributed by atoms with E-state index in [-0.39, 0.29) is 5.78 Å². The highest BCUT2D eigenvalue weighted by atomic mass is 17.3. The van der Waals surface area contributed by atoms with E-state index in [0.29, 0.717) is 0 Å². The van der Waals surface area contributed by atoms with Gasteiger partial charge in [-0.3, -0.25) is 9.53 Å². The molecule has 0 amide bonds. The van der Waals surface area contributed by atoms with Gasteiger partial charge in [-0.1, -0.05) is 0 Å². The van der Waals surface area contributed by atoms with E-state index in [1.807, 2.05) is 0 Å². The third-order valence-electron chi connectivity index (χ3n) is 0.981. The molecule has 1 fully saturated rings. The Bertz CT molecular complexity index is 134. The lowest BCUT2D eigenvalue weighted by Crippen LogP contribution is -2.19. The minimum atomic E-state index is -0.940. The molecule has 0 aliphatic carbocycles. The molecular formula is C5H8O5. The van der Waals surface area contributed by atoms with Crippen LogP contribution in [0.15, 0.2) is 0 Å². The zero-order chi connectivity index (χ0) is 7.56. The molecule has 2 atom stereocenters. The summed E-state index contributed by atoms with van der Waals surface area (Å²) in [5.74, 6) is -0.250. The number of ketones is 1. The fourth-order valence-corrected chi connectivity index (χ4v) is 0.501. The predicted octanol–water partition coefficient (Wildman–Crippen LogP) is -0.190. The van der Waals surface area contributed by atoms with E-state index in [1.54, 1.807) is 0 Å². The normalized spacial score (nSPS) is 32.6. The first-order chi connectivity index (χ1) is 4.74. The van der Waals surface area contributed by atoms with E-state index in [2.05, 4.69) is 14.5 Å². The van der Waals surface area contributed by atoms with E-state index < -0.39 is 12.8 Å². The highest BCUT2D eigenvalue weighted by Crippen LogP contribution is 2.13. The maximum atomic E-state index is 10.5. The van der Waals surface area contributed by atoms with Gasteiger partial charge >= 0.3 is 6.48 Å². The molecule has 0 N–H and O–H groups in total. The van der Waals surface area contributed by atoms with Crippen LogP contribution < -0.4 is 0 Å². The third kappa shape index (κ3) is 1.51. The molecule has 0 aromatic heterocycles. The standard InChI is InChI=1S/C5H8O5/c1-3(6)4-8-5(7-2)10-9-4/h4-5H,1-2H3. The Morgan fingerprint density at radius 3 is 2.50 bits per heavy atom. The first-order valence-corrected chi connectivity index (χ1v) is 2.75. The average molecular weight is 148 g/mol. The number of hydrogen-bond acceptors (Lipinski definition) is 5. The molecule has 10 heavy (non-hydrogen) atoms. The molecule has 0 radical (unpaired) electrons. The SMILES string of the molecule is COC1OOC(C(C)=O)O1. The summed E-state index contributed by atoms with van der Waals surface area (Å²) >= 11 is 0. The molecule has 0 aromatic rings. The fourth-order valence-electron chi connectivity index (χ4n) is 0.501. The Labute approximate surface area is 57.7 Å². The van der Waals surface area contributed by atoms with E-state index in [9.17, 15) is 4.79 Å². The predicted molar refractivity (Wildman–Crippen MR) is 28.5 cm³/mol. The van der Waals surface area contributed by atoms with Gasteiger partial charge in [-0.15, -0.1) is 0 Å². The Kier molecular flexibility index (Phi) is 2.34. The molecule has 5 nitrogen and oxygen atoms in total. The minimum absolute atomic E-state index is 0.250. The van der Waals surface area contributed by atoms with E-state index >= 15 is 0 Å². The molecule has 0 spiro atoms. The second kappa shape index (κ2) is 3.07. The number of rotatable bonds is 2. The van der Waals surface area contributed by atoms with Crippen molar-refractivity contribution in [1.82, 2.24) is 0 Å². The Hall–Kier alpha value is -0.490. The second-order valence-corrected chi connectivity index (χ2v) is 1.80. The average Bonchev–Trinajstić information content (AvgIpc) is 2.34. The lowest BCUT2D eigenvalue weighted by Gasteiger charge is -2.01. The Morgan fingerprint density at radius 2 is 2.20 bits per heavy atom. The summed E-state index contributed by atoms with van der Waals surface area (Å²) in [6, 6.07) is 0. The lowest BCUT2D eigenvalue weighted by atomic mass is 10.4. The number of Topliss-reactive ketones (excluding diaryl/α,β-unsaturated/α-hetero) is 1. The maximum Gasteiger partial charge on any atom is 0.303 e. The molecule has 1 heterocycles. The van der Waals surface area contributed by atoms with Crippen molar-refractivity contribution in [1.29, 1.82) is 0 Å². The molecule has 2 unspecified atom stereocenters. The van der Waals surface area contributed by atoms with E-state index in [4.69, 9.17) is 4.74 Å². The van der Waals surface area contributed by atoms with Gasteiger partial charge in [-0.2, -0.15) is 9.78 Å². The first kappa shape index (κ1) is 7.62. The van der Waals surface area contributed by atoms with Crippen LogP contribution in [-0.2, 0) is 24.0 Å². The van der Waals surface area contributed by atoms with Crippen molar-refractivity contribution in [2.24, 2.45) is 0 Å². The fraction of sp³-hybridized carbons (Fsp3) is 0.800. The molecule has 1 saturated heterocycles. The summed E-state index contributed by atoms with van der Waals surface area (Å²) in [5, 5.41) is 0. The van der Waals surface area contributed by atoms with Crippen molar-refractivity contribution in [2.75, 3.05) is 7.11 Å². The summed E-state index contributed by atoms with van der Waals surface area (Å²) in [6.45, 7) is 0.459. The zero-order valence-corrected chi connectivity index (χ0v) is 5.70. The van der Waals surface area contributed by atoms with Crippen molar-refractivity contribution in [2.45, 2.75) is 19.7 Å². The van der Waals surface area contributed by atoms with Gasteiger partial charge in [0.05, 0.1) is 0 Å². The maximum absolute atomic E-state index is 10.5. The molecule has 0 bridgehead atoms. The molecule has 1 rings (SSSR count). The van der Waals surface area contributed by atoms with Crippen molar-refractivity contribution >= 4 is 5.78 Å². The topological polar surface area (TPSA) is 54.0 Å². The molecule has 5 heteroatoms. The van der Waals surface area contributed by atoms with Crippen molar-refractivity contribution in [3.8, 4) is 0 Å². The number of carbonyl (C=O) groups excluding carboxylic acids is 1. The van der Waals surface area contributed by atoms with Gasteiger partial charge in [0.1, 0.15) is 0 Å². The summed E-state index contributed by atoms with van der Waals surface area (Å²) in [5.41, 5.74) is 0. The van der Waals surface area contributed by atoms with Crippen LogP contribution in [0.5, 0.6) is 0 Å². The van der Waals surface area contributed by atoms with Gasteiger partial charge in [-0.05, 0) is 6.92 Å². The van der Waals surface area contributed by atoms with Gasteiger partial charge in [0.25, 0.3) is 6.29 Å². The quantitative estimate of drug-likeness (QED) is 0.508. The van der Waals surface area contributed by atoms with Crippen LogP contribution in [0.4, 0.5) is 0 Å². The molecular weight excluding hydrogens is 140 g/mol. The molecule has 0 saturated carbocycles. The highest BCUT2D eigenvalue weighted by molar-refractivity contribution is 5.79. The number of carbonyl (C=O) groups is 1. The summed E-state index contributed by atoms with van der Waals surface area (Å²) in [6.07, 6.45) is -0.940. The van der Waals surface area contributed by atoms with Gasteiger partial charge in [0.15, 0.2) is 5.78 Å². The summed E-state index contributed by atoms with van der Waals surface area (Å²) in [4.78, 5) is 19.4. The first-order valence-electron chi connectivity index (χ1n) is 2.75. The highest BCUT2D eigenvalue weighted by Gasteiger charge is 2.30. The van der Waals surface area contributed by atoms with Crippen LogP contribution in [0.2, 0.25) is 0 Å². The second-order valence-electron chi connectivity index (χ2n) is 1.80. The van der Waals surface area contributed by atoms with E-state index in [0.717, 1.165) is 0 Å². The van der Waals surface area contributed by atoms with Crippen LogP contribution in [0, 0.1) is 0 Å². The number of hydrogen-bond donors (Lipinski definition) is 0. The smallest absolute Gasteiger partial charge is 0.303 e. The lowest BCUT2D eigenvalue weighted by molar-refractivity contribution is -0.342.